The lowest BCUT2D eigenvalue weighted by Gasteiger charge is -2.12. The summed E-state index contributed by atoms with van der Waals surface area (Å²) in [5, 5.41) is -0.836. The van der Waals surface area contributed by atoms with Crippen molar-refractivity contribution in [2.45, 2.75) is 16.6 Å². The van der Waals surface area contributed by atoms with Crippen LogP contribution < -0.4 is 5.73 Å². The minimum atomic E-state index is -3.69. The Morgan fingerprint density at radius 2 is 2.11 bits per heavy atom. The molecule has 1 atom stereocenters. The minimum Gasteiger partial charge on any atom is -0.398 e. The van der Waals surface area contributed by atoms with Crippen LogP contribution >= 0.6 is 11.6 Å². The van der Waals surface area contributed by atoms with Crippen LogP contribution in [-0.2, 0) is 14.6 Å². The number of amides is 1. The van der Waals surface area contributed by atoms with Crippen LogP contribution in [-0.4, -0.2) is 38.1 Å². The van der Waals surface area contributed by atoms with E-state index in [1.165, 1.54) is 23.1 Å². The highest BCUT2D eigenvalue weighted by Gasteiger charge is 2.40. The van der Waals surface area contributed by atoms with Gasteiger partial charge in [-0.2, -0.15) is 0 Å². The molecule has 1 amide bonds. The van der Waals surface area contributed by atoms with Gasteiger partial charge in [0, 0.05) is 13.6 Å². The van der Waals surface area contributed by atoms with Gasteiger partial charge in [0.1, 0.15) is 5.25 Å². The van der Waals surface area contributed by atoms with Gasteiger partial charge in [-0.05, 0) is 24.6 Å². The van der Waals surface area contributed by atoms with E-state index in [4.69, 9.17) is 17.3 Å². The van der Waals surface area contributed by atoms with Gasteiger partial charge in [-0.25, -0.2) is 8.42 Å². The van der Waals surface area contributed by atoms with Gasteiger partial charge in [-0.1, -0.05) is 11.6 Å². The molecule has 0 radical (unpaired) electrons. The third-order valence-corrected chi connectivity index (χ3v) is 5.48. The van der Waals surface area contributed by atoms with E-state index in [0.717, 1.165) is 0 Å². The van der Waals surface area contributed by atoms with Gasteiger partial charge in [0.05, 0.1) is 15.6 Å². The number of nitrogens with zero attached hydrogens (tertiary/aromatic N) is 1. The summed E-state index contributed by atoms with van der Waals surface area (Å²) in [5.74, 6) is -0.372. The predicted octanol–water partition coefficient (Wildman–Crippen LogP) is 0.927. The van der Waals surface area contributed by atoms with Crippen molar-refractivity contribution in [3.63, 3.8) is 0 Å². The average Bonchev–Trinajstić information content (AvgIpc) is 2.64. The number of rotatable bonds is 2. The Labute approximate surface area is 110 Å². The Bertz CT molecular complexity index is 600. The lowest BCUT2D eigenvalue weighted by molar-refractivity contribution is -0.126. The first-order valence-corrected chi connectivity index (χ1v) is 7.30. The van der Waals surface area contributed by atoms with E-state index >= 15 is 0 Å². The number of likely N-dealkylation sites (tertiary alicyclic amines) is 1. The standard InChI is InChI=1S/C11H13ClN2O3S/c1-14-5-4-10(11(14)15)18(16,17)7-2-3-9(13)8(12)6-7/h2-3,6,10H,4-5,13H2,1H3. The first-order chi connectivity index (χ1) is 8.34. The fourth-order valence-corrected chi connectivity index (χ4v) is 3.90. The maximum Gasteiger partial charge on any atom is 0.241 e. The van der Waals surface area contributed by atoms with Crippen LogP contribution in [0.25, 0.3) is 0 Å². The second-order valence-corrected chi connectivity index (χ2v) is 6.80. The van der Waals surface area contributed by atoms with E-state index in [1.54, 1.807) is 7.05 Å². The molecule has 1 aromatic rings. The zero-order valence-corrected chi connectivity index (χ0v) is 11.3. The zero-order valence-electron chi connectivity index (χ0n) is 9.76. The molecule has 0 aliphatic carbocycles. The Kier molecular flexibility index (Phi) is 3.25. The molecule has 1 aromatic carbocycles. The summed E-state index contributed by atoms with van der Waals surface area (Å²) in [6, 6.07) is 4.10. The van der Waals surface area contributed by atoms with Crippen molar-refractivity contribution in [2.75, 3.05) is 19.3 Å². The molecule has 0 aromatic heterocycles. The zero-order chi connectivity index (χ0) is 13.5. The van der Waals surface area contributed by atoms with E-state index in [2.05, 4.69) is 0 Å². The molecular formula is C11H13ClN2O3S. The molecule has 1 fully saturated rings. The van der Waals surface area contributed by atoms with Gasteiger partial charge in [-0.15, -0.1) is 0 Å². The monoisotopic (exact) mass is 288 g/mol. The summed E-state index contributed by atoms with van der Waals surface area (Å²) >= 11 is 5.81. The first kappa shape index (κ1) is 13.2. The second kappa shape index (κ2) is 4.44. The van der Waals surface area contributed by atoms with Gasteiger partial charge < -0.3 is 10.6 Å². The predicted molar refractivity (Wildman–Crippen MR) is 69.1 cm³/mol. The van der Waals surface area contributed by atoms with E-state index in [-0.39, 0.29) is 15.8 Å². The number of hydrogen-bond donors (Lipinski definition) is 1. The molecule has 5 nitrogen and oxygen atoms in total. The minimum absolute atomic E-state index is 0.0374. The highest BCUT2D eigenvalue weighted by Crippen LogP contribution is 2.28. The summed E-state index contributed by atoms with van der Waals surface area (Å²) in [7, 11) is -2.10. The summed E-state index contributed by atoms with van der Waals surface area (Å²) < 4.78 is 24.6. The van der Waals surface area contributed by atoms with Crippen molar-refractivity contribution >= 4 is 33.0 Å². The first-order valence-electron chi connectivity index (χ1n) is 5.38. The molecule has 0 saturated carbocycles. The number of carbonyl (C=O) groups excluding carboxylic acids is 1. The van der Waals surface area contributed by atoms with Crippen LogP contribution in [0.3, 0.4) is 0 Å². The molecule has 1 saturated heterocycles. The third-order valence-electron chi connectivity index (χ3n) is 3.05. The van der Waals surface area contributed by atoms with Crippen molar-refractivity contribution < 1.29 is 13.2 Å². The number of carbonyl (C=O) groups is 1. The molecule has 1 aliphatic rings. The maximum atomic E-state index is 12.3. The van der Waals surface area contributed by atoms with Gasteiger partial charge in [0.25, 0.3) is 0 Å². The molecule has 18 heavy (non-hydrogen) atoms. The average molecular weight is 289 g/mol. The Morgan fingerprint density at radius 1 is 1.44 bits per heavy atom. The number of nitrogens with two attached hydrogens (primary N) is 1. The Balaban J connectivity index is 2.43. The van der Waals surface area contributed by atoms with Crippen LogP contribution in [0.5, 0.6) is 0 Å². The van der Waals surface area contributed by atoms with Crippen LogP contribution in [0.4, 0.5) is 5.69 Å². The lowest BCUT2D eigenvalue weighted by Crippen LogP contribution is -2.31. The smallest absolute Gasteiger partial charge is 0.241 e. The fourth-order valence-electron chi connectivity index (χ4n) is 1.93. The highest BCUT2D eigenvalue weighted by atomic mass is 35.5. The van der Waals surface area contributed by atoms with Crippen LogP contribution in [0.1, 0.15) is 6.42 Å². The Hall–Kier alpha value is -1.27. The molecule has 2 N–H and O–H groups in total. The lowest BCUT2D eigenvalue weighted by atomic mass is 10.3. The largest absolute Gasteiger partial charge is 0.398 e. The van der Waals surface area contributed by atoms with E-state index < -0.39 is 15.1 Å². The molecule has 98 valence electrons. The molecular weight excluding hydrogens is 276 g/mol. The summed E-state index contributed by atoms with van der Waals surface area (Å²) in [5.41, 5.74) is 5.84. The van der Waals surface area contributed by atoms with Gasteiger partial charge in [0.15, 0.2) is 9.84 Å². The molecule has 2 rings (SSSR count). The summed E-state index contributed by atoms with van der Waals surface area (Å²) in [4.78, 5) is 13.2. The molecule has 7 heteroatoms. The molecule has 0 spiro atoms. The molecule has 1 aliphatic heterocycles. The van der Waals surface area contributed by atoms with Crippen LogP contribution in [0, 0.1) is 0 Å². The number of sulfone groups is 1. The highest BCUT2D eigenvalue weighted by molar-refractivity contribution is 7.92. The maximum absolute atomic E-state index is 12.3. The molecule has 1 heterocycles. The van der Waals surface area contributed by atoms with E-state index in [0.29, 0.717) is 18.7 Å². The van der Waals surface area contributed by atoms with Gasteiger partial charge in [0.2, 0.25) is 5.91 Å². The number of anilines is 1. The van der Waals surface area contributed by atoms with Crippen molar-refractivity contribution in [2.24, 2.45) is 0 Å². The van der Waals surface area contributed by atoms with Gasteiger partial charge >= 0.3 is 0 Å². The third kappa shape index (κ3) is 2.06. The SMILES string of the molecule is CN1CCC(S(=O)(=O)c2ccc(N)c(Cl)c2)C1=O. The summed E-state index contributed by atoms with van der Waals surface area (Å²) in [6.07, 6.45) is 0.305. The van der Waals surface area contributed by atoms with E-state index in [9.17, 15) is 13.2 Å². The van der Waals surface area contributed by atoms with Crippen LogP contribution in [0.15, 0.2) is 23.1 Å². The quantitative estimate of drug-likeness (QED) is 0.821. The number of benzene rings is 1. The van der Waals surface area contributed by atoms with Crippen molar-refractivity contribution in [3.05, 3.63) is 23.2 Å². The number of halogens is 1. The van der Waals surface area contributed by atoms with Gasteiger partial charge in [-0.3, -0.25) is 4.79 Å². The number of nitrogen functional groups attached to an aromatic ring is 1. The van der Waals surface area contributed by atoms with Crippen molar-refractivity contribution in [3.8, 4) is 0 Å². The fraction of sp³-hybridized carbons (Fsp3) is 0.364. The summed E-state index contributed by atoms with van der Waals surface area (Å²) in [6.45, 7) is 0.450. The molecule has 0 bridgehead atoms. The van der Waals surface area contributed by atoms with Crippen molar-refractivity contribution in [1.29, 1.82) is 0 Å². The topological polar surface area (TPSA) is 80.5 Å². The number of hydrogen-bond acceptors (Lipinski definition) is 4. The van der Waals surface area contributed by atoms with Crippen molar-refractivity contribution in [1.82, 2.24) is 4.90 Å². The normalized spacial score (nSPS) is 20.4. The second-order valence-electron chi connectivity index (χ2n) is 4.27. The Morgan fingerprint density at radius 3 is 2.61 bits per heavy atom. The van der Waals surface area contributed by atoms with Crippen LogP contribution in [0.2, 0.25) is 5.02 Å². The van der Waals surface area contributed by atoms with E-state index in [1.807, 2.05) is 0 Å². The molecule has 1 unspecified atom stereocenters.